The number of hydrogen-bond acceptors (Lipinski definition) is 3. The van der Waals surface area contributed by atoms with Gasteiger partial charge in [-0.25, -0.2) is 4.79 Å². The number of hydrogen-bond donors (Lipinski definition) is 3. The summed E-state index contributed by atoms with van der Waals surface area (Å²) < 4.78 is 0. The first-order chi connectivity index (χ1) is 19.3. The number of amides is 4. The van der Waals surface area contributed by atoms with Crippen molar-refractivity contribution in [3.63, 3.8) is 0 Å². The molecule has 1 unspecified atom stereocenters. The molecule has 0 radical (unpaired) electrons. The van der Waals surface area contributed by atoms with Crippen LogP contribution in [0.25, 0.3) is 0 Å². The Labute approximate surface area is 234 Å². The third-order valence-corrected chi connectivity index (χ3v) is 7.13. The quantitative estimate of drug-likeness (QED) is 0.262. The van der Waals surface area contributed by atoms with E-state index in [-0.39, 0.29) is 18.2 Å². The Kier molecular flexibility index (Phi) is 7.64. The zero-order chi connectivity index (χ0) is 28.1. The Bertz CT molecular complexity index is 1450. The van der Waals surface area contributed by atoms with E-state index in [9.17, 15) is 14.4 Å². The topological polar surface area (TPSA) is 90.5 Å². The fraction of sp³-hybridized carbons (Fsp3) is 0.182. The van der Waals surface area contributed by atoms with Crippen molar-refractivity contribution in [1.82, 2.24) is 5.32 Å². The number of carbonyl (C=O) groups is 3. The predicted octanol–water partition coefficient (Wildman–Crippen LogP) is 5.94. The normalized spacial score (nSPS) is 15.8. The van der Waals surface area contributed by atoms with Crippen LogP contribution in [0.15, 0.2) is 103 Å². The minimum atomic E-state index is -1.59. The number of nitrogens with zero attached hydrogens (tertiary/aromatic N) is 1. The molecule has 5 rings (SSSR count). The first-order valence-corrected chi connectivity index (χ1v) is 13.3. The van der Waals surface area contributed by atoms with Gasteiger partial charge in [0.1, 0.15) is 0 Å². The van der Waals surface area contributed by atoms with Gasteiger partial charge >= 0.3 is 6.03 Å². The summed E-state index contributed by atoms with van der Waals surface area (Å²) in [6.07, 6.45) is 0.363. The van der Waals surface area contributed by atoms with Crippen LogP contribution < -0.4 is 20.9 Å². The molecule has 0 saturated carbocycles. The molecule has 1 aliphatic rings. The third-order valence-electron chi connectivity index (χ3n) is 7.13. The number of aryl methyl sites for hydroxylation is 2. The molecule has 1 heterocycles. The number of benzene rings is 4. The molecule has 0 bridgehead atoms. The number of fused-ring (bicyclic) bond motifs is 1. The van der Waals surface area contributed by atoms with Gasteiger partial charge in [-0.3, -0.25) is 9.59 Å². The molecule has 4 amide bonds. The number of para-hydroxylation sites is 1. The second-order valence-electron chi connectivity index (χ2n) is 10.2. The van der Waals surface area contributed by atoms with Crippen LogP contribution >= 0.6 is 0 Å². The number of rotatable bonds is 8. The van der Waals surface area contributed by atoms with Crippen molar-refractivity contribution < 1.29 is 14.4 Å². The maximum Gasteiger partial charge on any atom is 0.320 e. The fourth-order valence-corrected chi connectivity index (χ4v) is 5.04. The summed E-state index contributed by atoms with van der Waals surface area (Å²) in [7, 11) is 0. The maximum absolute atomic E-state index is 14.3. The van der Waals surface area contributed by atoms with E-state index in [1.165, 1.54) is 0 Å². The Morgan fingerprint density at radius 3 is 1.95 bits per heavy atom. The SMILES string of the molecule is Cc1ccc(NC(=O)CC2(NC(=O)Nc3ccc(C)cc3)C(=O)N(CCc3ccccc3)c3ccccc32)cc1. The van der Waals surface area contributed by atoms with Crippen LogP contribution in [-0.2, 0) is 21.5 Å². The van der Waals surface area contributed by atoms with Crippen molar-refractivity contribution in [2.24, 2.45) is 0 Å². The van der Waals surface area contributed by atoms with E-state index in [4.69, 9.17) is 0 Å². The minimum absolute atomic E-state index is 0.264. The van der Waals surface area contributed by atoms with E-state index in [1.54, 1.807) is 23.1 Å². The summed E-state index contributed by atoms with van der Waals surface area (Å²) in [4.78, 5) is 42.7. The van der Waals surface area contributed by atoms with Crippen molar-refractivity contribution in [1.29, 1.82) is 0 Å². The smallest absolute Gasteiger partial charge is 0.320 e. The Morgan fingerprint density at radius 2 is 1.30 bits per heavy atom. The van der Waals surface area contributed by atoms with Crippen molar-refractivity contribution in [2.45, 2.75) is 32.2 Å². The second-order valence-corrected chi connectivity index (χ2v) is 10.2. The van der Waals surface area contributed by atoms with E-state index in [0.29, 0.717) is 35.6 Å². The molecular weight excluding hydrogens is 500 g/mol. The lowest BCUT2D eigenvalue weighted by Gasteiger charge is -2.30. The molecule has 7 nitrogen and oxygen atoms in total. The maximum atomic E-state index is 14.3. The largest absolute Gasteiger partial charge is 0.326 e. The summed E-state index contributed by atoms with van der Waals surface area (Å²) in [5, 5.41) is 8.63. The number of anilines is 3. The van der Waals surface area contributed by atoms with Crippen molar-refractivity contribution in [2.75, 3.05) is 22.1 Å². The highest BCUT2D eigenvalue weighted by atomic mass is 16.2. The van der Waals surface area contributed by atoms with Gasteiger partial charge in [0.2, 0.25) is 5.91 Å². The summed E-state index contributed by atoms with van der Waals surface area (Å²) in [5.74, 6) is -0.727. The molecule has 3 N–H and O–H groups in total. The third kappa shape index (κ3) is 5.73. The number of urea groups is 1. The first kappa shape index (κ1) is 26.7. The summed E-state index contributed by atoms with van der Waals surface area (Å²) >= 11 is 0. The monoisotopic (exact) mass is 532 g/mol. The molecule has 7 heteroatoms. The van der Waals surface area contributed by atoms with Crippen LogP contribution in [0.1, 0.15) is 28.7 Å². The highest BCUT2D eigenvalue weighted by Gasteiger charge is 2.53. The molecule has 202 valence electrons. The van der Waals surface area contributed by atoms with Gasteiger partial charge in [-0.05, 0) is 56.2 Å². The molecule has 0 spiro atoms. The lowest BCUT2D eigenvalue weighted by Crippen LogP contribution is -2.56. The number of nitrogens with one attached hydrogen (secondary N) is 3. The second kappa shape index (κ2) is 11.5. The average Bonchev–Trinajstić information content (AvgIpc) is 3.17. The zero-order valence-electron chi connectivity index (χ0n) is 22.6. The van der Waals surface area contributed by atoms with Crippen molar-refractivity contribution in [3.8, 4) is 0 Å². The number of carbonyl (C=O) groups excluding carboxylic acids is 3. The molecule has 1 atom stereocenters. The minimum Gasteiger partial charge on any atom is -0.326 e. The lowest BCUT2D eigenvalue weighted by molar-refractivity contribution is -0.128. The van der Waals surface area contributed by atoms with Crippen LogP contribution in [0, 0.1) is 13.8 Å². The molecule has 1 aliphatic heterocycles. The fourth-order valence-electron chi connectivity index (χ4n) is 5.04. The van der Waals surface area contributed by atoms with Gasteiger partial charge in [0.25, 0.3) is 5.91 Å². The highest BCUT2D eigenvalue weighted by Crippen LogP contribution is 2.42. The molecule has 0 saturated heterocycles. The van der Waals surface area contributed by atoms with Gasteiger partial charge in [0.05, 0.1) is 6.42 Å². The van der Waals surface area contributed by atoms with E-state index in [1.807, 2.05) is 98.8 Å². The summed E-state index contributed by atoms with van der Waals surface area (Å²) in [6, 6.07) is 31.5. The predicted molar refractivity (Wildman–Crippen MR) is 158 cm³/mol. The van der Waals surface area contributed by atoms with E-state index >= 15 is 0 Å². The van der Waals surface area contributed by atoms with Crippen LogP contribution in [0.3, 0.4) is 0 Å². The molecular formula is C33H32N4O3. The molecule has 0 aliphatic carbocycles. The van der Waals surface area contributed by atoms with Gasteiger partial charge in [0, 0.05) is 29.2 Å². The van der Waals surface area contributed by atoms with E-state index in [2.05, 4.69) is 16.0 Å². The van der Waals surface area contributed by atoms with Crippen LogP contribution in [0.2, 0.25) is 0 Å². The van der Waals surface area contributed by atoms with Gasteiger partial charge in [0.15, 0.2) is 5.54 Å². The average molecular weight is 533 g/mol. The Hall–Kier alpha value is -4.91. The first-order valence-electron chi connectivity index (χ1n) is 13.3. The van der Waals surface area contributed by atoms with Crippen LogP contribution in [-0.4, -0.2) is 24.4 Å². The standard InChI is InChI=1S/C33H32N4O3/c1-23-12-16-26(17-13-23)34-30(38)22-33(36-32(40)35-27-18-14-24(2)15-19-27)28-10-6-7-11-29(28)37(31(33)39)21-20-25-8-4-3-5-9-25/h3-19H,20-22H2,1-2H3,(H,34,38)(H2,35,36,40). The van der Waals surface area contributed by atoms with Gasteiger partial charge in [-0.2, -0.15) is 0 Å². The zero-order valence-corrected chi connectivity index (χ0v) is 22.6. The lowest BCUT2D eigenvalue weighted by atomic mass is 9.87. The molecule has 40 heavy (non-hydrogen) atoms. The highest BCUT2D eigenvalue weighted by molar-refractivity contribution is 6.12. The van der Waals surface area contributed by atoms with E-state index in [0.717, 1.165) is 16.7 Å². The van der Waals surface area contributed by atoms with Gasteiger partial charge < -0.3 is 20.9 Å². The van der Waals surface area contributed by atoms with Crippen LogP contribution in [0.5, 0.6) is 0 Å². The molecule has 4 aromatic rings. The van der Waals surface area contributed by atoms with Crippen LogP contribution in [0.4, 0.5) is 21.9 Å². The van der Waals surface area contributed by atoms with E-state index < -0.39 is 11.6 Å². The summed E-state index contributed by atoms with van der Waals surface area (Å²) in [6.45, 7) is 4.33. The molecule has 4 aromatic carbocycles. The van der Waals surface area contributed by atoms with Gasteiger partial charge in [-0.1, -0.05) is 83.9 Å². The summed E-state index contributed by atoms with van der Waals surface area (Å²) in [5.41, 5.74) is 4.11. The molecule has 0 aromatic heterocycles. The van der Waals surface area contributed by atoms with Gasteiger partial charge in [-0.15, -0.1) is 0 Å². The van der Waals surface area contributed by atoms with Crippen molar-refractivity contribution >= 4 is 34.9 Å². The van der Waals surface area contributed by atoms with Crippen molar-refractivity contribution in [3.05, 3.63) is 125 Å². The molecule has 0 fully saturated rings. The Morgan fingerprint density at radius 1 is 0.725 bits per heavy atom. The Balaban J connectivity index is 1.46.